The Morgan fingerprint density at radius 3 is 2.36 bits per heavy atom. The van der Waals surface area contributed by atoms with Gasteiger partial charge in [0.2, 0.25) is 11.8 Å². The van der Waals surface area contributed by atoms with Gasteiger partial charge in [-0.15, -0.1) is 0 Å². The highest BCUT2D eigenvalue weighted by Gasteiger charge is 2.30. The van der Waals surface area contributed by atoms with Gasteiger partial charge in [0.25, 0.3) is 0 Å². The van der Waals surface area contributed by atoms with Crippen LogP contribution in [0.25, 0.3) is 0 Å². The minimum Gasteiger partial charge on any atom is -0.467 e. The molecule has 0 aliphatic carbocycles. The zero-order valence-electron chi connectivity index (χ0n) is 15.0. The number of rotatable bonds is 8. The number of carbonyl (C=O) groups is 3. The van der Waals surface area contributed by atoms with Crippen molar-refractivity contribution in [2.75, 3.05) is 7.11 Å². The van der Waals surface area contributed by atoms with E-state index in [4.69, 9.17) is 4.74 Å². The van der Waals surface area contributed by atoms with Crippen LogP contribution in [0, 0.1) is 11.7 Å². The summed E-state index contributed by atoms with van der Waals surface area (Å²) in [5.41, 5.74) is 0.301. The summed E-state index contributed by atoms with van der Waals surface area (Å²) in [6.07, 6.45) is 0.630. The minimum atomic E-state index is -0.995. The van der Waals surface area contributed by atoms with E-state index < -0.39 is 35.7 Å². The molecule has 7 heteroatoms. The van der Waals surface area contributed by atoms with E-state index in [-0.39, 0.29) is 12.3 Å². The van der Waals surface area contributed by atoms with Gasteiger partial charge in [-0.05, 0) is 17.5 Å². The van der Waals surface area contributed by atoms with E-state index in [1.54, 1.807) is 18.2 Å². The molecule has 0 saturated carbocycles. The molecule has 1 aromatic rings. The lowest BCUT2D eigenvalue weighted by atomic mass is 9.98. The van der Waals surface area contributed by atoms with Crippen molar-refractivity contribution in [3.63, 3.8) is 0 Å². The molecule has 1 aromatic carbocycles. The number of amides is 2. The lowest BCUT2D eigenvalue weighted by Crippen LogP contribution is -2.54. The molecule has 0 unspecified atom stereocenters. The van der Waals surface area contributed by atoms with Crippen LogP contribution in [0.1, 0.15) is 32.8 Å². The summed E-state index contributed by atoms with van der Waals surface area (Å²) in [6.45, 7) is 4.97. The average Bonchev–Trinajstić information content (AvgIpc) is 2.58. The molecule has 0 aliphatic rings. The second-order valence-corrected chi connectivity index (χ2v) is 5.94. The Morgan fingerprint density at radius 1 is 1.20 bits per heavy atom. The van der Waals surface area contributed by atoms with Crippen LogP contribution in [-0.4, -0.2) is 37.0 Å². The molecule has 0 spiro atoms. The molecule has 6 nitrogen and oxygen atoms in total. The lowest BCUT2D eigenvalue weighted by molar-refractivity contribution is -0.146. The predicted octanol–water partition coefficient (Wildman–Crippen LogP) is 1.58. The first-order valence-corrected chi connectivity index (χ1v) is 8.18. The summed E-state index contributed by atoms with van der Waals surface area (Å²) in [5, 5.41) is 5.12. The topological polar surface area (TPSA) is 84.5 Å². The van der Waals surface area contributed by atoms with Crippen molar-refractivity contribution in [2.45, 2.75) is 45.7 Å². The maximum Gasteiger partial charge on any atom is 0.328 e. The summed E-state index contributed by atoms with van der Waals surface area (Å²) < 4.78 is 18.6. The monoisotopic (exact) mass is 352 g/mol. The zero-order chi connectivity index (χ0) is 19.0. The Hall–Kier alpha value is -2.44. The molecular formula is C18H25FN2O4. The van der Waals surface area contributed by atoms with Gasteiger partial charge in [0, 0.05) is 13.3 Å². The van der Waals surface area contributed by atoms with Crippen LogP contribution in [0.4, 0.5) is 4.39 Å². The van der Waals surface area contributed by atoms with Crippen molar-refractivity contribution < 1.29 is 23.5 Å². The smallest absolute Gasteiger partial charge is 0.328 e. The van der Waals surface area contributed by atoms with E-state index >= 15 is 0 Å². The zero-order valence-corrected chi connectivity index (χ0v) is 15.0. The summed E-state index contributed by atoms with van der Waals surface area (Å²) >= 11 is 0. The molecule has 0 radical (unpaired) electrons. The number of hydrogen-bond donors (Lipinski definition) is 2. The van der Waals surface area contributed by atoms with Gasteiger partial charge in [0.1, 0.15) is 17.9 Å². The molecule has 0 saturated heterocycles. The molecular weight excluding hydrogens is 327 g/mol. The van der Waals surface area contributed by atoms with E-state index in [0.717, 1.165) is 0 Å². The number of halogens is 1. The SMILES string of the molecule is CC[C@@H](C)[C@@H](NC(=O)[C@H](Cc1ccccc1F)NC(C)=O)C(=O)OC. The fourth-order valence-electron chi connectivity index (χ4n) is 2.39. The maximum absolute atomic E-state index is 13.9. The fraction of sp³-hybridized carbons (Fsp3) is 0.500. The van der Waals surface area contributed by atoms with Gasteiger partial charge in [-0.3, -0.25) is 9.59 Å². The normalized spacial score (nSPS) is 14.1. The van der Waals surface area contributed by atoms with Crippen LogP contribution in [0.3, 0.4) is 0 Å². The highest BCUT2D eigenvalue weighted by molar-refractivity contribution is 5.90. The number of hydrogen-bond acceptors (Lipinski definition) is 4. The first-order chi connectivity index (χ1) is 11.8. The van der Waals surface area contributed by atoms with Crippen LogP contribution in [0.2, 0.25) is 0 Å². The summed E-state index contributed by atoms with van der Waals surface area (Å²) in [7, 11) is 1.24. The first-order valence-electron chi connectivity index (χ1n) is 8.18. The van der Waals surface area contributed by atoms with Gasteiger partial charge in [-0.1, -0.05) is 38.5 Å². The van der Waals surface area contributed by atoms with E-state index in [9.17, 15) is 18.8 Å². The third-order valence-corrected chi connectivity index (χ3v) is 4.04. The molecule has 0 fully saturated rings. The maximum atomic E-state index is 13.9. The Balaban J connectivity index is 2.97. The summed E-state index contributed by atoms with van der Waals surface area (Å²) in [6, 6.07) is 4.20. The molecule has 0 aliphatic heterocycles. The highest BCUT2D eigenvalue weighted by atomic mass is 19.1. The minimum absolute atomic E-state index is 0.0213. The van der Waals surface area contributed by atoms with Gasteiger partial charge >= 0.3 is 5.97 Å². The van der Waals surface area contributed by atoms with E-state index in [1.165, 1.54) is 20.1 Å². The van der Waals surface area contributed by atoms with Gasteiger partial charge < -0.3 is 15.4 Å². The Labute approximate surface area is 147 Å². The Kier molecular flexibility index (Phi) is 8.04. The fourth-order valence-corrected chi connectivity index (χ4v) is 2.39. The first kappa shape index (κ1) is 20.6. The molecule has 138 valence electrons. The molecule has 3 atom stereocenters. The molecule has 0 heterocycles. The van der Waals surface area contributed by atoms with Crippen LogP contribution >= 0.6 is 0 Å². The molecule has 0 bridgehead atoms. The standard InChI is InChI=1S/C18H25FN2O4/c1-5-11(2)16(18(24)25-4)21-17(23)15(20-12(3)22)10-13-8-6-7-9-14(13)19/h6-9,11,15-16H,5,10H2,1-4H3,(H,20,22)(H,21,23)/t11-,15+,16-/m1/s1. The van der Waals surface area contributed by atoms with Gasteiger partial charge in [0.15, 0.2) is 0 Å². The second-order valence-electron chi connectivity index (χ2n) is 5.94. The predicted molar refractivity (Wildman–Crippen MR) is 91.1 cm³/mol. The van der Waals surface area contributed by atoms with Gasteiger partial charge in [-0.25, -0.2) is 9.18 Å². The number of nitrogens with one attached hydrogen (secondary N) is 2. The Morgan fingerprint density at radius 2 is 1.84 bits per heavy atom. The van der Waals surface area contributed by atoms with Gasteiger partial charge in [-0.2, -0.15) is 0 Å². The number of ether oxygens (including phenoxy) is 1. The Bertz CT molecular complexity index is 621. The number of esters is 1. The number of carbonyl (C=O) groups excluding carboxylic acids is 3. The highest BCUT2D eigenvalue weighted by Crippen LogP contribution is 2.12. The summed E-state index contributed by atoms with van der Waals surface area (Å²) in [4.78, 5) is 35.9. The summed E-state index contributed by atoms with van der Waals surface area (Å²) in [5.74, 6) is -2.15. The number of benzene rings is 1. The van der Waals surface area contributed by atoms with Crippen molar-refractivity contribution in [2.24, 2.45) is 5.92 Å². The second kappa shape index (κ2) is 9.76. The van der Waals surface area contributed by atoms with Crippen LogP contribution < -0.4 is 10.6 Å². The molecule has 1 rings (SSSR count). The van der Waals surface area contributed by atoms with Gasteiger partial charge in [0.05, 0.1) is 7.11 Å². The van der Waals surface area contributed by atoms with Crippen molar-refractivity contribution in [1.82, 2.24) is 10.6 Å². The van der Waals surface area contributed by atoms with Crippen LogP contribution in [-0.2, 0) is 25.5 Å². The third kappa shape index (κ3) is 6.17. The molecule has 2 amide bonds. The average molecular weight is 352 g/mol. The van der Waals surface area contributed by atoms with E-state index in [1.807, 2.05) is 13.8 Å². The van der Waals surface area contributed by atoms with Crippen LogP contribution in [0.5, 0.6) is 0 Å². The lowest BCUT2D eigenvalue weighted by Gasteiger charge is -2.25. The molecule has 0 aromatic heterocycles. The third-order valence-electron chi connectivity index (χ3n) is 4.04. The van der Waals surface area contributed by atoms with Crippen molar-refractivity contribution in [3.05, 3.63) is 35.6 Å². The van der Waals surface area contributed by atoms with Crippen LogP contribution in [0.15, 0.2) is 24.3 Å². The van der Waals surface area contributed by atoms with E-state index in [2.05, 4.69) is 10.6 Å². The largest absolute Gasteiger partial charge is 0.467 e. The number of methoxy groups -OCH3 is 1. The quantitative estimate of drug-likeness (QED) is 0.696. The van der Waals surface area contributed by atoms with Crippen molar-refractivity contribution in [3.8, 4) is 0 Å². The molecule has 2 N–H and O–H groups in total. The molecule has 25 heavy (non-hydrogen) atoms. The van der Waals surface area contributed by atoms with E-state index in [0.29, 0.717) is 12.0 Å². The van der Waals surface area contributed by atoms with Crippen molar-refractivity contribution in [1.29, 1.82) is 0 Å². The van der Waals surface area contributed by atoms with Crippen molar-refractivity contribution >= 4 is 17.8 Å².